The summed E-state index contributed by atoms with van der Waals surface area (Å²) in [5, 5.41) is 4.97. The Morgan fingerprint density at radius 3 is 3.19 bits per heavy atom. The maximum atomic E-state index is 5.82. The fraction of sp³-hybridized carbons (Fsp3) is 0.375. The maximum Gasteiger partial charge on any atom is 0.225 e. The Kier molecular flexibility index (Phi) is 2.49. The van der Waals surface area contributed by atoms with E-state index in [1.165, 1.54) is 18.1 Å². The first-order chi connectivity index (χ1) is 7.83. The average molecular weight is 255 g/mol. The molecule has 3 aliphatic rings. The van der Waals surface area contributed by atoms with Gasteiger partial charge in [-0.3, -0.25) is 9.98 Å². The van der Waals surface area contributed by atoms with Gasteiger partial charge in [-0.05, 0) is 23.4 Å². The van der Waals surface area contributed by atoms with Crippen LogP contribution in [0.25, 0.3) is 0 Å². The van der Waals surface area contributed by atoms with E-state index in [-0.39, 0.29) is 11.3 Å². The van der Waals surface area contributed by atoms with E-state index in [0.29, 0.717) is 5.84 Å². The summed E-state index contributed by atoms with van der Waals surface area (Å²) < 4.78 is 0. The van der Waals surface area contributed by atoms with E-state index in [4.69, 9.17) is 11.6 Å². The molecule has 3 aliphatic heterocycles. The molecular weight excluding hydrogens is 248 g/mol. The molecule has 0 aliphatic carbocycles. The fourth-order valence-corrected chi connectivity index (χ4v) is 2.62. The number of hydrogen-bond donors (Lipinski definition) is 1. The molecule has 6 nitrogen and oxygen atoms in total. The van der Waals surface area contributed by atoms with Gasteiger partial charge in [0.15, 0.2) is 17.0 Å². The predicted octanol–water partition coefficient (Wildman–Crippen LogP) is 0.495. The molecule has 0 radical (unpaired) electrons. The summed E-state index contributed by atoms with van der Waals surface area (Å²) in [6.45, 7) is 1.67. The van der Waals surface area contributed by atoms with Crippen molar-refractivity contribution < 1.29 is 0 Å². The molecule has 1 atom stereocenters. The van der Waals surface area contributed by atoms with Gasteiger partial charge in [-0.15, -0.1) is 0 Å². The summed E-state index contributed by atoms with van der Waals surface area (Å²) in [4.78, 5) is 20.7. The molecule has 0 saturated carbocycles. The highest BCUT2D eigenvalue weighted by atomic mass is 35.5. The summed E-state index contributed by atoms with van der Waals surface area (Å²) in [5.74, 6) is 0.598. The second kappa shape index (κ2) is 3.99. The van der Waals surface area contributed by atoms with Crippen molar-refractivity contribution in [2.45, 2.75) is 6.04 Å². The Bertz CT molecular complexity index is 477. The van der Waals surface area contributed by atoms with Crippen molar-refractivity contribution in [3.05, 3.63) is 0 Å². The van der Waals surface area contributed by atoms with Crippen LogP contribution in [0.15, 0.2) is 25.0 Å². The van der Waals surface area contributed by atoms with Crippen molar-refractivity contribution in [1.29, 1.82) is 0 Å². The van der Waals surface area contributed by atoms with Crippen molar-refractivity contribution in [3.8, 4) is 0 Å². The normalized spacial score (nSPS) is 26.7. The van der Waals surface area contributed by atoms with Gasteiger partial charge in [-0.25, -0.2) is 9.98 Å². The summed E-state index contributed by atoms with van der Waals surface area (Å²) in [6, 6.07) is -0.211. The Morgan fingerprint density at radius 1 is 1.44 bits per heavy atom. The predicted molar refractivity (Wildman–Crippen MR) is 68.3 cm³/mol. The van der Waals surface area contributed by atoms with Crippen LogP contribution in [-0.2, 0) is 0 Å². The molecule has 0 aromatic heterocycles. The summed E-state index contributed by atoms with van der Waals surface area (Å²) in [6.07, 6.45) is 1.49. The van der Waals surface area contributed by atoms with E-state index in [9.17, 15) is 0 Å². The SMILES string of the molecule is ClC1=NC2=NC=NC2C(SC2=NCCN2)=N1. The molecule has 1 N–H and O–H groups in total. The molecule has 8 heteroatoms. The van der Waals surface area contributed by atoms with Gasteiger partial charge in [0, 0.05) is 6.54 Å². The Morgan fingerprint density at radius 2 is 2.38 bits per heavy atom. The molecular formula is C8H7ClN6S. The first-order valence-corrected chi connectivity index (χ1v) is 5.91. The lowest BCUT2D eigenvalue weighted by molar-refractivity contribution is 0.963. The standard InChI is InChI=1S/C8H7ClN6S/c9-7-14-5-4(12-3-13-5)6(15-7)16-8-10-1-2-11-8/h3-4H,1-2H2,(H,10,11). The van der Waals surface area contributed by atoms with Crippen LogP contribution in [-0.4, -0.2) is 46.8 Å². The van der Waals surface area contributed by atoms with Crippen LogP contribution in [0.5, 0.6) is 0 Å². The molecule has 1 unspecified atom stereocenters. The number of amidine groups is 3. The number of halogens is 1. The molecule has 0 aromatic rings. The monoisotopic (exact) mass is 254 g/mol. The van der Waals surface area contributed by atoms with Crippen molar-refractivity contribution in [2.24, 2.45) is 25.0 Å². The van der Waals surface area contributed by atoms with Gasteiger partial charge in [-0.2, -0.15) is 4.99 Å². The lowest BCUT2D eigenvalue weighted by Gasteiger charge is -2.14. The Labute approximate surface area is 101 Å². The van der Waals surface area contributed by atoms with E-state index >= 15 is 0 Å². The lowest BCUT2D eigenvalue weighted by Crippen LogP contribution is -2.30. The van der Waals surface area contributed by atoms with Crippen LogP contribution in [0.1, 0.15) is 0 Å². The minimum absolute atomic E-state index is 0.196. The molecule has 16 heavy (non-hydrogen) atoms. The third kappa shape index (κ3) is 1.76. The van der Waals surface area contributed by atoms with Crippen molar-refractivity contribution >= 4 is 51.0 Å². The second-order valence-electron chi connectivity index (χ2n) is 3.20. The minimum atomic E-state index is -0.211. The van der Waals surface area contributed by atoms with Crippen molar-refractivity contribution in [1.82, 2.24) is 5.32 Å². The van der Waals surface area contributed by atoms with Crippen molar-refractivity contribution in [2.75, 3.05) is 13.1 Å². The zero-order valence-electron chi connectivity index (χ0n) is 8.09. The van der Waals surface area contributed by atoms with Gasteiger partial charge in [0.2, 0.25) is 5.29 Å². The van der Waals surface area contributed by atoms with Crippen molar-refractivity contribution in [3.63, 3.8) is 0 Å². The molecule has 0 amide bonds. The fourth-order valence-electron chi connectivity index (χ4n) is 1.45. The van der Waals surface area contributed by atoms with Gasteiger partial charge >= 0.3 is 0 Å². The quantitative estimate of drug-likeness (QED) is 0.639. The van der Waals surface area contributed by atoms with E-state index in [1.54, 1.807) is 0 Å². The first kappa shape index (κ1) is 9.98. The molecule has 3 heterocycles. The number of fused-ring (bicyclic) bond motifs is 1. The molecule has 3 rings (SSSR count). The smallest absolute Gasteiger partial charge is 0.225 e. The highest BCUT2D eigenvalue weighted by Gasteiger charge is 2.30. The van der Waals surface area contributed by atoms with Gasteiger partial charge in [0.25, 0.3) is 0 Å². The third-order valence-corrected chi connectivity index (χ3v) is 3.30. The number of thioether (sulfide) groups is 1. The Hall–Kier alpha value is -1.21. The van der Waals surface area contributed by atoms with Crippen LogP contribution in [0.2, 0.25) is 0 Å². The largest absolute Gasteiger partial charge is 0.363 e. The van der Waals surface area contributed by atoms with Crippen LogP contribution in [0.3, 0.4) is 0 Å². The van der Waals surface area contributed by atoms with Gasteiger partial charge in [0.05, 0.1) is 6.54 Å². The molecule has 0 fully saturated rings. The molecule has 82 valence electrons. The summed E-state index contributed by atoms with van der Waals surface area (Å²) >= 11 is 7.25. The van der Waals surface area contributed by atoms with Gasteiger partial charge < -0.3 is 5.32 Å². The van der Waals surface area contributed by atoms with Crippen LogP contribution < -0.4 is 5.32 Å². The lowest BCUT2D eigenvalue weighted by atomic mass is 10.3. The highest BCUT2D eigenvalue weighted by Crippen LogP contribution is 2.21. The van der Waals surface area contributed by atoms with Gasteiger partial charge in [-0.1, -0.05) is 0 Å². The van der Waals surface area contributed by atoms with Crippen LogP contribution >= 0.6 is 23.4 Å². The molecule has 0 aromatic carbocycles. The van der Waals surface area contributed by atoms with E-state index < -0.39 is 0 Å². The van der Waals surface area contributed by atoms with Crippen LogP contribution in [0.4, 0.5) is 0 Å². The Balaban J connectivity index is 1.85. The minimum Gasteiger partial charge on any atom is -0.363 e. The number of nitrogens with zero attached hydrogens (tertiary/aromatic N) is 5. The first-order valence-electron chi connectivity index (χ1n) is 4.71. The molecule has 0 spiro atoms. The highest BCUT2D eigenvalue weighted by molar-refractivity contribution is 8.26. The number of aliphatic imine (C=N–C) groups is 5. The molecule has 0 saturated heterocycles. The second-order valence-corrected chi connectivity index (χ2v) is 4.55. The van der Waals surface area contributed by atoms with E-state index in [0.717, 1.165) is 23.3 Å². The van der Waals surface area contributed by atoms with Gasteiger partial charge in [0.1, 0.15) is 11.4 Å². The summed E-state index contributed by atoms with van der Waals surface area (Å²) in [7, 11) is 0. The van der Waals surface area contributed by atoms with E-state index in [1.807, 2.05) is 0 Å². The number of hydrogen-bond acceptors (Lipinski definition) is 7. The number of nitrogens with one attached hydrogen (secondary N) is 1. The average Bonchev–Trinajstić information content (AvgIpc) is 2.87. The zero-order chi connectivity index (χ0) is 11.0. The topological polar surface area (TPSA) is 73.8 Å². The number of rotatable bonds is 0. The van der Waals surface area contributed by atoms with E-state index in [2.05, 4.69) is 30.3 Å². The molecule has 0 bridgehead atoms. The zero-order valence-corrected chi connectivity index (χ0v) is 9.66. The summed E-state index contributed by atoms with van der Waals surface area (Å²) in [5.41, 5.74) is 0. The van der Waals surface area contributed by atoms with Crippen LogP contribution in [0, 0.1) is 0 Å². The maximum absolute atomic E-state index is 5.82. The third-order valence-electron chi connectivity index (χ3n) is 2.14.